The van der Waals surface area contributed by atoms with Gasteiger partial charge in [-0.2, -0.15) is 0 Å². The molecule has 8 aromatic carbocycles. The van der Waals surface area contributed by atoms with E-state index in [1.54, 1.807) is 0 Å². The molecular formula is C48H31N3. The molecule has 238 valence electrons. The Morgan fingerprint density at radius 1 is 0.471 bits per heavy atom. The van der Waals surface area contributed by atoms with Crippen molar-refractivity contribution in [1.29, 1.82) is 0 Å². The Bertz CT molecular complexity index is 3040. The summed E-state index contributed by atoms with van der Waals surface area (Å²) in [5.41, 5.74) is 12.8. The molecule has 1 aliphatic carbocycles. The Kier molecular flexibility index (Phi) is 6.02. The Morgan fingerprint density at radius 2 is 1.18 bits per heavy atom. The number of allylic oxidation sites excluding steroid dienone is 1. The van der Waals surface area contributed by atoms with Gasteiger partial charge in [0.15, 0.2) is 0 Å². The van der Waals surface area contributed by atoms with Crippen LogP contribution in [-0.4, -0.2) is 14.1 Å². The summed E-state index contributed by atoms with van der Waals surface area (Å²) in [6.45, 7) is 0. The maximum Gasteiger partial charge on any atom is 0.145 e. The van der Waals surface area contributed by atoms with E-state index in [1.807, 2.05) is 0 Å². The molecule has 0 aliphatic heterocycles. The zero-order chi connectivity index (χ0) is 33.5. The molecule has 11 rings (SSSR count). The fraction of sp³-hybridized carbons (Fsp3) is 0.0208. The first kappa shape index (κ1) is 28.2. The van der Waals surface area contributed by atoms with Crippen molar-refractivity contribution >= 4 is 60.5 Å². The first-order valence-electron chi connectivity index (χ1n) is 17.6. The van der Waals surface area contributed by atoms with Gasteiger partial charge in [-0.25, -0.2) is 4.98 Å². The van der Waals surface area contributed by atoms with E-state index in [2.05, 4.69) is 185 Å². The monoisotopic (exact) mass is 649 g/mol. The van der Waals surface area contributed by atoms with Crippen LogP contribution >= 0.6 is 0 Å². The van der Waals surface area contributed by atoms with E-state index in [1.165, 1.54) is 60.0 Å². The molecular weight excluding hydrogens is 619 g/mol. The predicted octanol–water partition coefficient (Wildman–Crippen LogP) is 12.3. The minimum absolute atomic E-state index is 0.918. The van der Waals surface area contributed by atoms with Crippen molar-refractivity contribution in [3.8, 4) is 33.9 Å². The summed E-state index contributed by atoms with van der Waals surface area (Å²) in [5, 5.41) is 7.73. The number of rotatable bonds is 4. The summed E-state index contributed by atoms with van der Waals surface area (Å²) < 4.78 is 4.83. The highest BCUT2D eigenvalue weighted by molar-refractivity contribution is 6.18. The number of benzene rings is 8. The fourth-order valence-electron chi connectivity index (χ4n) is 8.52. The van der Waals surface area contributed by atoms with Crippen LogP contribution < -0.4 is 0 Å². The molecule has 0 unspecified atom stereocenters. The van der Waals surface area contributed by atoms with Gasteiger partial charge in [-0.15, -0.1) is 0 Å². The Morgan fingerprint density at radius 3 is 2.08 bits per heavy atom. The van der Waals surface area contributed by atoms with E-state index in [0.29, 0.717) is 0 Å². The molecule has 0 N–H and O–H groups in total. The van der Waals surface area contributed by atoms with E-state index in [0.717, 1.165) is 45.8 Å². The molecule has 1 aliphatic rings. The molecule has 3 heteroatoms. The first-order chi connectivity index (χ1) is 25.3. The quantitative estimate of drug-likeness (QED) is 0.186. The standard InChI is InChI=1S/C48H31N3/c1-2-14-33(15-3-1)48-49-42-24-7-9-26-44(42)51(48)37-28-35(39-22-11-16-31-13-4-5-20-38(31)39)27-36(30-37)50-43-25-8-6-21-40(43)47-41-23-12-18-32-17-10-19-34(46(32)41)29-45(47)50/h1-22,24-30H,23H2. The highest BCUT2D eigenvalue weighted by atomic mass is 15.1. The van der Waals surface area contributed by atoms with Crippen molar-refractivity contribution in [1.82, 2.24) is 14.1 Å². The highest BCUT2D eigenvalue weighted by Crippen LogP contribution is 2.43. The van der Waals surface area contributed by atoms with Crippen molar-refractivity contribution in [2.45, 2.75) is 6.42 Å². The number of hydrogen-bond acceptors (Lipinski definition) is 1. The molecule has 0 spiro atoms. The number of imidazole rings is 1. The van der Waals surface area contributed by atoms with E-state index >= 15 is 0 Å². The number of nitrogens with zero attached hydrogens (tertiary/aromatic N) is 3. The van der Waals surface area contributed by atoms with Crippen LogP contribution in [0.1, 0.15) is 11.1 Å². The van der Waals surface area contributed by atoms with Gasteiger partial charge < -0.3 is 4.57 Å². The predicted molar refractivity (Wildman–Crippen MR) is 214 cm³/mol. The van der Waals surface area contributed by atoms with E-state index in [9.17, 15) is 0 Å². The zero-order valence-electron chi connectivity index (χ0n) is 27.8. The van der Waals surface area contributed by atoms with Crippen molar-refractivity contribution in [2.24, 2.45) is 0 Å². The van der Waals surface area contributed by atoms with E-state index < -0.39 is 0 Å². The number of para-hydroxylation sites is 3. The normalized spacial score (nSPS) is 12.5. The SMILES string of the molecule is C1=Cc2cccc3cc4c(c(c23)C1)c1ccccc1n4-c1cc(-c2cccc3ccccc23)cc(-n2c(-c3ccccc3)nc3ccccc32)c1. The zero-order valence-corrected chi connectivity index (χ0v) is 27.8. The van der Waals surface area contributed by atoms with Crippen LogP contribution in [0.2, 0.25) is 0 Å². The minimum atomic E-state index is 0.918. The van der Waals surface area contributed by atoms with Gasteiger partial charge in [0.1, 0.15) is 5.82 Å². The molecule has 0 saturated carbocycles. The fourth-order valence-corrected chi connectivity index (χ4v) is 8.52. The van der Waals surface area contributed by atoms with Crippen molar-refractivity contribution in [2.75, 3.05) is 0 Å². The Balaban J connectivity index is 1.29. The minimum Gasteiger partial charge on any atom is -0.309 e. The molecule has 0 atom stereocenters. The summed E-state index contributed by atoms with van der Waals surface area (Å²) in [6, 6.07) is 59.4. The van der Waals surface area contributed by atoms with Gasteiger partial charge in [0, 0.05) is 22.0 Å². The van der Waals surface area contributed by atoms with Gasteiger partial charge in [0.05, 0.1) is 27.8 Å². The number of hydrogen-bond donors (Lipinski definition) is 0. The summed E-state index contributed by atoms with van der Waals surface area (Å²) in [5.74, 6) is 0.926. The van der Waals surface area contributed by atoms with Crippen molar-refractivity contribution < 1.29 is 0 Å². The van der Waals surface area contributed by atoms with Crippen LogP contribution in [0.3, 0.4) is 0 Å². The summed E-state index contributed by atoms with van der Waals surface area (Å²) in [6.07, 6.45) is 5.51. The molecule has 0 amide bonds. The maximum absolute atomic E-state index is 5.23. The Hall–Kier alpha value is -6.71. The van der Waals surface area contributed by atoms with Crippen LogP contribution in [0.4, 0.5) is 0 Å². The topological polar surface area (TPSA) is 22.8 Å². The molecule has 2 aromatic heterocycles. The molecule has 0 radical (unpaired) electrons. The third-order valence-corrected chi connectivity index (χ3v) is 10.7. The molecule has 10 aromatic rings. The lowest BCUT2D eigenvalue weighted by molar-refractivity contribution is 1.09. The third-order valence-electron chi connectivity index (χ3n) is 10.7. The van der Waals surface area contributed by atoms with Crippen LogP contribution in [0.5, 0.6) is 0 Å². The Labute approximate surface area is 295 Å². The molecule has 0 bridgehead atoms. The third kappa shape index (κ3) is 4.22. The van der Waals surface area contributed by atoms with Gasteiger partial charge >= 0.3 is 0 Å². The van der Waals surface area contributed by atoms with E-state index in [4.69, 9.17) is 4.98 Å². The van der Waals surface area contributed by atoms with Gasteiger partial charge in [0.25, 0.3) is 0 Å². The van der Waals surface area contributed by atoms with Crippen LogP contribution in [0, 0.1) is 0 Å². The van der Waals surface area contributed by atoms with Crippen LogP contribution in [-0.2, 0) is 6.42 Å². The van der Waals surface area contributed by atoms with Crippen LogP contribution in [0.25, 0.3) is 94.3 Å². The maximum atomic E-state index is 5.23. The number of aromatic nitrogens is 3. The summed E-state index contributed by atoms with van der Waals surface area (Å²) in [7, 11) is 0. The average molecular weight is 650 g/mol. The second-order valence-electron chi connectivity index (χ2n) is 13.5. The van der Waals surface area contributed by atoms with Crippen molar-refractivity contribution in [3.63, 3.8) is 0 Å². The summed E-state index contributed by atoms with van der Waals surface area (Å²) >= 11 is 0. The summed E-state index contributed by atoms with van der Waals surface area (Å²) in [4.78, 5) is 5.23. The highest BCUT2D eigenvalue weighted by Gasteiger charge is 2.22. The van der Waals surface area contributed by atoms with Gasteiger partial charge in [0.2, 0.25) is 0 Å². The lowest BCUT2D eigenvalue weighted by Crippen LogP contribution is -2.02. The molecule has 3 nitrogen and oxygen atoms in total. The van der Waals surface area contributed by atoms with E-state index in [-0.39, 0.29) is 0 Å². The second-order valence-corrected chi connectivity index (χ2v) is 13.5. The van der Waals surface area contributed by atoms with Gasteiger partial charge in [-0.05, 0) is 92.7 Å². The molecule has 2 heterocycles. The first-order valence-corrected chi connectivity index (χ1v) is 17.6. The van der Waals surface area contributed by atoms with Gasteiger partial charge in [-0.1, -0.05) is 133 Å². The number of fused-ring (bicyclic) bond motifs is 6. The lowest BCUT2D eigenvalue weighted by atomic mass is 9.90. The van der Waals surface area contributed by atoms with Gasteiger partial charge in [-0.3, -0.25) is 4.57 Å². The molecule has 51 heavy (non-hydrogen) atoms. The average Bonchev–Trinajstić information content (AvgIpc) is 3.75. The largest absolute Gasteiger partial charge is 0.309 e. The second kappa shape index (κ2) is 10.9. The lowest BCUT2D eigenvalue weighted by Gasteiger charge is -2.18. The van der Waals surface area contributed by atoms with Crippen molar-refractivity contribution in [3.05, 3.63) is 181 Å². The smallest absolute Gasteiger partial charge is 0.145 e. The molecule has 0 saturated heterocycles. The molecule has 0 fully saturated rings. The van der Waals surface area contributed by atoms with Crippen LogP contribution in [0.15, 0.2) is 170 Å².